The van der Waals surface area contributed by atoms with Gasteiger partial charge in [0, 0.05) is 24.3 Å². The number of nitrogens with zero attached hydrogens (tertiary/aromatic N) is 1. The molecule has 4 rings (SSSR count). The minimum atomic E-state index is -1.04. The zero-order chi connectivity index (χ0) is 22.7. The number of ketones is 1. The monoisotopic (exact) mass is 437 g/mol. The summed E-state index contributed by atoms with van der Waals surface area (Å²) in [6.45, 7) is 4.65. The van der Waals surface area contributed by atoms with Crippen molar-refractivity contribution in [1.82, 2.24) is 4.90 Å². The predicted octanol–water partition coefficient (Wildman–Crippen LogP) is 3.99. The molecule has 0 bridgehead atoms. The number of hydrogen-bond donors (Lipinski definition) is 1. The second-order valence-electron chi connectivity index (χ2n) is 7.73. The Morgan fingerprint density at radius 1 is 1.22 bits per heavy atom. The number of likely N-dealkylation sites (tertiary alicyclic amines) is 1. The first-order valence-electron chi connectivity index (χ1n) is 10.5. The van der Waals surface area contributed by atoms with Gasteiger partial charge in [0.2, 0.25) is 0 Å². The molecule has 0 radical (unpaired) electrons. The van der Waals surface area contributed by atoms with Crippen LogP contribution in [0.4, 0.5) is 4.39 Å². The number of hydrogen-bond acceptors (Lipinski definition) is 5. The quantitative estimate of drug-likeness (QED) is 0.307. The third kappa shape index (κ3) is 4.16. The van der Waals surface area contributed by atoms with Crippen LogP contribution in [-0.4, -0.2) is 47.6 Å². The first-order chi connectivity index (χ1) is 15.5. The third-order valence-electron chi connectivity index (χ3n) is 5.66. The largest absolute Gasteiger partial charge is 0.507 e. The molecule has 2 unspecified atom stereocenters. The van der Waals surface area contributed by atoms with Crippen molar-refractivity contribution in [1.29, 1.82) is 0 Å². The van der Waals surface area contributed by atoms with Gasteiger partial charge in [-0.05, 0) is 43.2 Å². The van der Waals surface area contributed by atoms with Gasteiger partial charge < -0.3 is 19.5 Å². The predicted molar refractivity (Wildman–Crippen MR) is 117 cm³/mol. The van der Waals surface area contributed by atoms with Crippen molar-refractivity contribution in [3.8, 4) is 5.75 Å². The molecular weight excluding hydrogens is 413 g/mol. The van der Waals surface area contributed by atoms with E-state index in [0.717, 1.165) is 12.8 Å². The molecule has 2 atom stereocenters. The van der Waals surface area contributed by atoms with E-state index in [1.807, 2.05) is 0 Å². The highest BCUT2D eigenvalue weighted by Gasteiger charge is 2.47. The maximum atomic E-state index is 14.8. The van der Waals surface area contributed by atoms with Gasteiger partial charge >= 0.3 is 0 Å². The molecule has 32 heavy (non-hydrogen) atoms. The summed E-state index contributed by atoms with van der Waals surface area (Å²) in [5.74, 6) is -1.98. The summed E-state index contributed by atoms with van der Waals surface area (Å²) in [5.41, 5.74) is 0.336. The smallest absolute Gasteiger partial charge is 0.295 e. The average Bonchev–Trinajstić information content (AvgIpc) is 3.40. The van der Waals surface area contributed by atoms with Crippen molar-refractivity contribution in [3.63, 3.8) is 0 Å². The lowest BCUT2D eigenvalue weighted by atomic mass is 9.94. The number of halogens is 1. The average molecular weight is 437 g/mol. The molecule has 7 heteroatoms. The first-order valence-corrected chi connectivity index (χ1v) is 10.5. The van der Waals surface area contributed by atoms with E-state index in [-0.39, 0.29) is 29.5 Å². The van der Waals surface area contributed by atoms with Crippen LogP contribution >= 0.6 is 0 Å². The minimum absolute atomic E-state index is 0.141. The Morgan fingerprint density at radius 2 is 1.97 bits per heavy atom. The fourth-order valence-electron chi connectivity index (χ4n) is 4.12. The van der Waals surface area contributed by atoms with Crippen LogP contribution in [0.2, 0.25) is 0 Å². The topological polar surface area (TPSA) is 76.1 Å². The van der Waals surface area contributed by atoms with Crippen LogP contribution in [-0.2, 0) is 14.3 Å². The molecule has 1 amide bonds. The van der Waals surface area contributed by atoms with E-state index in [2.05, 4.69) is 6.58 Å². The Bertz CT molecular complexity index is 1060. The van der Waals surface area contributed by atoms with Gasteiger partial charge in [0.1, 0.15) is 23.9 Å². The molecule has 2 saturated heterocycles. The van der Waals surface area contributed by atoms with Gasteiger partial charge in [0.25, 0.3) is 11.7 Å². The van der Waals surface area contributed by atoms with Crippen molar-refractivity contribution < 1.29 is 28.6 Å². The number of aliphatic hydroxyl groups is 1. The van der Waals surface area contributed by atoms with Crippen LogP contribution in [0.1, 0.15) is 30.0 Å². The highest BCUT2D eigenvalue weighted by Crippen LogP contribution is 2.41. The highest BCUT2D eigenvalue weighted by molar-refractivity contribution is 6.46. The van der Waals surface area contributed by atoms with Gasteiger partial charge in [0.05, 0.1) is 17.7 Å². The molecule has 0 aromatic heterocycles. The van der Waals surface area contributed by atoms with E-state index < -0.39 is 23.5 Å². The van der Waals surface area contributed by atoms with Crippen LogP contribution < -0.4 is 4.74 Å². The van der Waals surface area contributed by atoms with Gasteiger partial charge in [-0.2, -0.15) is 0 Å². The SMILES string of the molecule is C=CCOc1ccc(C(O)=C2C(=O)C(=O)N(CC3CCCO3)C2c2ccccc2F)cc1. The van der Waals surface area contributed by atoms with E-state index in [4.69, 9.17) is 9.47 Å². The maximum absolute atomic E-state index is 14.8. The number of benzene rings is 2. The molecule has 2 heterocycles. The molecule has 6 nitrogen and oxygen atoms in total. The lowest BCUT2D eigenvalue weighted by Gasteiger charge is -2.27. The van der Waals surface area contributed by atoms with Gasteiger partial charge in [0.15, 0.2) is 0 Å². The Kier molecular flexibility index (Phi) is 6.37. The summed E-state index contributed by atoms with van der Waals surface area (Å²) in [4.78, 5) is 27.2. The number of carbonyl (C=O) groups is 2. The molecule has 2 aliphatic heterocycles. The number of amides is 1. The highest BCUT2D eigenvalue weighted by atomic mass is 19.1. The number of Topliss-reactive ketones (excluding diaryl/α,β-unsaturated/α-hetero) is 1. The summed E-state index contributed by atoms with van der Waals surface area (Å²) in [6.07, 6.45) is 2.99. The maximum Gasteiger partial charge on any atom is 0.295 e. The zero-order valence-electron chi connectivity index (χ0n) is 17.5. The van der Waals surface area contributed by atoms with E-state index >= 15 is 0 Å². The lowest BCUT2D eigenvalue weighted by molar-refractivity contribution is -0.140. The van der Waals surface area contributed by atoms with Crippen molar-refractivity contribution >= 4 is 17.4 Å². The summed E-state index contributed by atoms with van der Waals surface area (Å²) < 4.78 is 25.9. The van der Waals surface area contributed by atoms with Crippen molar-refractivity contribution in [2.75, 3.05) is 19.8 Å². The Labute approximate surface area is 185 Å². The fraction of sp³-hybridized carbons (Fsp3) is 0.280. The van der Waals surface area contributed by atoms with E-state index in [9.17, 15) is 19.1 Å². The second kappa shape index (κ2) is 9.36. The van der Waals surface area contributed by atoms with Crippen molar-refractivity contribution in [2.45, 2.75) is 25.0 Å². The van der Waals surface area contributed by atoms with Crippen LogP contribution in [0.25, 0.3) is 5.76 Å². The van der Waals surface area contributed by atoms with Gasteiger partial charge in [-0.25, -0.2) is 4.39 Å². The summed E-state index contributed by atoms with van der Waals surface area (Å²) in [6, 6.07) is 11.4. The van der Waals surface area contributed by atoms with E-state index in [1.54, 1.807) is 36.4 Å². The van der Waals surface area contributed by atoms with Crippen LogP contribution in [0.5, 0.6) is 5.75 Å². The Hall–Kier alpha value is -3.45. The number of aliphatic hydroxyl groups excluding tert-OH is 1. The number of ether oxygens (including phenoxy) is 2. The van der Waals surface area contributed by atoms with Crippen LogP contribution in [0, 0.1) is 5.82 Å². The molecule has 2 aliphatic rings. The molecular formula is C25H24FNO5. The second-order valence-corrected chi connectivity index (χ2v) is 7.73. The normalized spacial score (nSPS) is 22.3. The Morgan fingerprint density at radius 3 is 2.62 bits per heavy atom. The first kappa shape index (κ1) is 21.8. The fourth-order valence-corrected chi connectivity index (χ4v) is 4.12. The summed E-state index contributed by atoms with van der Waals surface area (Å²) in [5, 5.41) is 11.0. The number of rotatable bonds is 7. The molecule has 166 valence electrons. The zero-order valence-corrected chi connectivity index (χ0v) is 17.5. The van der Waals surface area contributed by atoms with Gasteiger partial charge in [-0.3, -0.25) is 9.59 Å². The summed E-state index contributed by atoms with van der Waals surface area (Å²) >= 11 is 0. The molecule has 0 aliphatic carbocycles. The van der Waals surface area contributed by atoms with Gasteiger partial charge in [-0.1, -0.05) is 30.9 Å². The van der Waals surface area contributed by atoms with Gasteiger partial charge in [-0.15, -0.1) is 0 Å². The van der Waals surface area contributed by atoms with Crippen LogP contribution in [0.3, 0.4) is 0 Å². The lowest BCUT2D eigenvalue weighted by Crippen LogP contribution is -2.36. The molecule has 2 aromatic carbocycles. The van der Waals surface area contributed by atoms with E-state index in [1.165, 1.54) is 23.1 Å². The third-order valence-corrected chi connectivity index (χ3v) is 5.66. The standard InChI is InChI=1S/C25H24FNO5/c1-2-13-31-17-11-9-16(10-12-17)23(28)21-22(19-7-3-4-8-20(19)26)27(25(30)24(21)29)15-18-6-5-14-32-18/h2-4,7-12,18,22,28H,1,5-6,13-15H2. The van der Waals surface area contributed by atoms with Crippen LogP contribution in [0.15, 0.2) is 66.8 Å². The molecule has 1 N–H and O–H groups in total. The van der Waals surface area contributed by atoms with Crippen molar-refractivity contribution in [2.24, 2.45) is 0 Å². The summed E-state index contributed by atoms with van der Waals surface area (Å²) in [7, 11) is 0. The molecule has 0 spiro atoms. The molecule has 0 saturated carbocycles. The molecule has 2 fully saturated rings. The number of carbonyl (C=O) groups excluding carboxylic acids is 2. The Balaban J connectivity index is 1.77. The minimum Gasteiger partial charge on any atom is -0.507 e. The van der Waals surface area contributed by atoms with E-state index in [0.29, 0.717) is 24.5 Å². The van der Waals surface area contributed by atoms with Crippen molar-refractivity contribution in [3.05, 3.63) is 83.7 Å². The molecule has 2 aromatic rings.